The number of halogens is 6. The number of ether oxygens (including phenoxy) is 1. The van der Waals surface area contributed by atoms with E-state index in [-0.39, 0.29) is 5.56 Å². The van der Waals surface area contributed by atoms with Crippen molar-refractivity contribution in [3.05, 3.63) is 28.8 Å². The Morgan fingerprint density at radius 1 is 0.952 bits per heavy atom. The van der Waals surface area contributed by atoms with Gasteiger partial charge in [-0.2, -0.15) is 26.3 Å². The average molecular weight is 316 g/mol. The van der Waals surface area contributed by atoms with Crippen LogP contribution in [0.1, 0.15) is 22.8 Å². The fourth-order valence-corrected chi connectivity index (χ4v) is 2.07. The Bertz CT molecular complexity index is 493. The topological polar surface area (TPSA) is 29.5 Å². The SMILES string of the molecule is COc1cc(C)c(C(O)C(C(F)(F)F)C(F)(F)F)cc1C. The van der Waals surface area contributed by atoms with Gasteiger partial charge in [0.25, 0.3) is 0 Å². The fraction of sp³-hybridized carbons (Fsp3) is 0.538. The van der Waals surface area contributed by atoms with Crippen molar-refractivity contribution in [2.45, 2.75) is 32.3 Å². The number of benzene rings is 1. The van der Waals surface area contributed by atoms with Crippen LogP contribution >= 0.6 is 0 Å². The molecule has 0 aliphatic rings. The van der Waals surface area contributed by atoms with Gasteiger partial charge < -0.3 is 9.84 Å². The van der Waals surface area contributed by atoms with Crippen molar-refractivity contribution < 1.29 is 36.2 Å². The lowest BCUT2D eigenvalue weighted by molar-refractivity contribution is -0.307. The Balaban J connectivity index is 3.34. The molecule has 0 saturated carbocycles. The number of alkyl halides is 6. The zero-order valence-corrected chi connectivity index (χ0v) is 11.4. The third-order valence-corrected chi connectivity index (χ3v) is 3.12. The second-order valence-electron chi connectivity index (χ2n) is 4.68. The summed E-state index contributed by atoms with van der Waals surface area (Å²) in [6, 6.07) is 2.36. The van der Waals surface area contributed by atoms with Crippen LogP contribution in [-0.2, 0) is 0 Å². The van der Waals surface area contributed by atoms with Gasteiger partial charge in [0.15, 0.2) is 5.92 Å². The second kappa shape index (κ2) is 5.75. The van der Waals surface area contributed by atoms with E-state index >= 15 is 0 Å². The Hall–Kier alpha value is -1.44. The first-order valence-corrected chi connectivity index (χ1v) is 5.86. The highest BCUT2D eigenvalue weighted by atomic mass is 19.4. The third kappa shape index (κ3) is 3.81. The fourth-order valence-electron chi connectivity index (χ4n) is 2.07. The number of aryl methyl sites for hydroxylation is 2. The maximum Gasteiger partial charge on any atom is 0.403 e. The number of aliphatic hydroxyl groups is 1. The Kier molecular flexibility index (Phi) is 4.82. The van der Waals surface area contributed by atoms with Crippen LogP contribution in [0, 0.1) is 19.8 Å². The van der Waals surface area contributed by atoms with Crippen LogP contribution in [0.3, 0.4) is 0 Å². The van der Waals surface area contributed by atoms with Crippen molar-refractivity contribution in [1.29, 1.82) is 0 Å². The Labute approximate surface area is 117 Å². The molecule has 1 N–H and O–H groups in total. The number of hydrogen-bond acceptors (Lipinski definition) is 2. The zero-order valence-electron chi connectivity index (χ0n) is 11.4. The van der Waals surface area contributed by atoms with Crippen LogP contribution in [0.15, 0.2) is 12.1 Å². The summed E-state index contributed by atoms with van der Waals surface area (Å²) >= 11 is 0. The highest BCUT2D eigenvalue weighted by molar-refractivity contribution is 5.42. The van der Waals surface area contributed by atoms with E-state index in [0.717, 1.165) is 6.07 Å². The molecule has 0 heterocycles. The third-order valence-electron chi connectivity index (χ3n) is 3.12. The minimum atomic E-state index is -5.60. The number of hydrogen-bond donors (Lipinski definition) is 1. The van der Waals surface area contributed by atoms with Crippen LogP contribution in [-0.4, -0.2) is 24.6 Å². The minimum Gasteiger partial charge on any atom is -0.496 e. The predicted molar refractivity (Wildman–Crippen MR) is 63.0 cm³/mol. The first-order valence-electron chi connectivity index (χ1n) is 5.86. The van der Waals surface area contributed by atoms with Gasteiger partial charge in [-0.15, -0.1) is 0 Å². The van der Waals surface area contributed by atoms with Crippen LogP contribution in [0.25, 0.3) is 0 Å². The summed E-state index contributed by atoms with van der Waals surface area (Å²) in [5.74, 6) is -3.52. The van der Waals surface area contributed by atoms with Gasteiger partial charge in [-0.3, -0.25) is 0 Å². The first-order chi connectivity index (χ1) is 9.39. The normalized spacial score (nSPS) is 14.4. The summed E-state index contributed by atoms with van der Waals surface area (Å²) < 4.78 is 80.7. The van der Waals surface area contributed by atoms with Gasteiger partial charge in [-0.05, 0) is 42.7 Å². The average Bonchev–Trinajstić information content (AvgIpc) is 2.27. The lowest BCUT2D eigenvalue weighted by atomic mass is 9.90. The summed E-state index contributed by atoms with van der Waals surface area (Å²) in [5, 5.41) is 9.64. The predicted octanol–water partition coefficient (Wildman–Crippen LogP) is 4.09. The molecule has 0 aromatic heterocycles. The van der Waals surface area contributed by atoms with Crippen molar-refractivity contribution in [2.75, 3.05) is 7.11 Å². The molecule has 1 atom stereocenters. The van der Waals surface area contributed by atoms with E-state index in [0.29, 0.717) is 11.3 Å². The molecule has 1 aromatic carbocycles. The van der Waals surface area contributed by atoms with Gasteiger partial charge in [-0.25, -0.2) is 0 Å². The molecule has 1 rings (SSSR count). The summed E-state index contributed by atoms with van der Waals surface area (Å²) in [7, 11) is 1.33. The number of methoxy groups -OCH3 is 1. The second-order valence-corrected chi connectivity index (χ2v) is 4.68. The maximum absolute atomic E-state index is 12.6. The highest BCUT2D eigenvalue weighted by Gasteiger charge is 2.60. The Morgan fingerprint density at radius 2 is 1.43 bits per heavy atom. The van der Waals surface area contributed by atoms with Crippen molar-refractivity contribution >= 4 is 0 Å². The van der Waals surface area contributed by atoms with E-state index in [1.54, 1.807) is 0 Å². The maximum atomic E-state index is 12.6. The largest absolute Gasteiger partial charge is 0.496 e. The highest BCUT2D eigenvalue weighted by Crippen LogP contribution is 2.47. The number of aliphatic hydroxyl groups excluding tert-OH is 1. The van der Waals surface area contributed by atoms with Crippen LogP contribution in [0.2, 0.25) is 0 Å². The van der Waals surface area contributed by atoms with E-state index in [9.17, 15) is 31.4 Å². The van der Waals surface area contributed by atoms with Gasteiger partial charge >= 0.3 is 12.4 Å². The molecule has 1 unspecified atom stereocenters. The zero-order chi connectivity index (χ0) is 16.6. The minimum absolute atomic E-state index is 0.0865. The molecule has 0 radical (unpaired) electrons. The van der Waals surface area contributed by atoms with E-state index < -0.39 is 29.9 Å². The van der Waals surface area contributed by atoms with Crippen molar-refractivity contribution in [2.24, 2.45) is 5.92 Å². The molecule has 0 amide bonds. The van der Waals surface area contributed by atoms with Gasteiger partial charge in [0.05, 0.1) is 13.2 Å². The van der Waals surface area contributed by atoms with E-state index in [2.05, 4.69) is 0 Å². The molecule has 21 heavy (non-hydrogen) atoms. The summed E-state index contributed by atoms with van der Waals surface area (Å²) in [4.78, 5) is 0. The molecule has 0 aliphatic carbocycles. The quantitative estimate of drug-likeness (QED) is 0.851. The molecule has 2 nitrogen and oxygen atoms in total. The molecule has 8 heteroatoms. The first kappa shape index (κ1) is 17.6. The van der Waals surface area contributed by atoms with Crippen LogP contribution < -0.4 is 4.74 Å². The van der Waals surface area contributed by atoms with E-state index in [4.69, 9.17) is 4.74 Å². The lowest BCUT2D eigenvalue weighted by Gasteiger charge is -2.28. The molecular formula is C13H14F6O2. The summed E-state index contributed by atoms with van der Waals surface area (Å²) in [5.41, 5.74) is -0.00310. The molecule has 120 valence electrons. The molecule has 0 aliphatic heterocycles. The molecule has 0 spiro atoms. The van der Waals surface area contributed by atoms with Gasteiger partial charge in [-0.1, -0.05) is 0 Å². The van der Waals surface area contributed by atoms with Crippen LogP contribution in [0.5, 0.6) is 5.75 Å². The van der Waals surface area contributed by atoms with E-state index in [1.807, 2.05) is 0 Å². The van der Waals surface area contributed by atoms with Gasteiger partial charge in [0.1, 0.15) is 5.75 Å². The summed E-state index contributed by atoms with van der Waals surface area (Å²) in [6.07, 6.45) is -13.9. The summed E-state index contributed by atoms with van der Waals surface area (Å²) in [6.45, 7) is 2.77. The standard InChI is InChI=1S/C13H14F6O2/c1-6-5-9(21-3)7(2)4-8(6)10(20)11(12(14,15)16)13(17,18)19/h4-5,10-11,20H,1-3H3. The van der Waals surface area contributed by atoms with Gasteiger partial charge in [0, 0.05) is 0 Å². The van der Waals surface area contributed by atoms with Crippen molar-refractivity contribution in [3.63, 3.8) is 0 Å². The molecule has 0 saturated heterocycles. The van der Waals surface area contributed by atoms with Crippen LogP contribution in [0.4, 0.5) is 26.3 Å². The monoisotopic (exact) mass is 316 g/mol. The molecule has 0 bridgehead atoms. The van der Waals surface area contributed by atoms with Gasteiger partial charge in [0.2, 0.25) is 0 Å². The molecule has 0 fully saturated rings. The van der Waals surface area contributed by atoms with Crippen molar-refractivity contribution in [3.8, 4) is 5.75 Å². The Morgan fingerprint density at radius 3 is 1.81 bits per heavy atom. The lowest BCUT2D eigenvalue weighted by Crippen LogP contribution is -2.41. The smallest absolute Gasteiger partial charge is 0.403 e. The van der Waals surface area contributed by atoms with E-state index in [1.165, 1.54) is 27.0 Å². The molecular weight excluding hydrogens is 302 g/mol. The molecule has 1 aromatic rings. The number of rotatable bonds is 3. The van der Waals surface area contributed by atoms with Crippen molar-refractivity contribution in [1.82, 2.24) is 0 Å².